The Morgan fingerprint density at radius 1 is 1.17 bits per heavy atom. The molecule has 0 N–H and O–H groups in total. The second kappa shape index (κ2) is 37.4. The molecule has 0 bridgehead atoms. The minimum absolute atomic E-state index is 0. The Morgan fingerprint density at radius 2 is 1.17 bits per heavy atom. The van der Waals surface area contributed by atoms with Gasteiger partial charge in [0.25, 0.3) is 0 Å². The fourth-order valence-electron chi connectivity index (χ4n) is 0. The Bertz CT molecular complexity index is 15.5. The topological polar surface area (TPSA) is 17.1 Å². The number of rotatable bonds is 0. The van der Waals surface area contributed by atoms with Gasteiger partial charge in [0.05, 0.1) is 0 Å². The van der Waals surface area contributed by atoms with E-state index >= 15 is 0 Å². The largest absolute Gasteiger partial charge is 0 e. The minimum Gasteiger partial charge on any atom is 0 e. The first-order valence-electron chi connectivity index (χ1n) is 0.204. The van der Waals surface area contributed by atoms with Gasteiger partial charge in [0.15, 0.2) is 0 Å². The molecule has 0 aromatic carbocycles. The average molecular weight is 488 g/mol. The quantitative estimate of drug-likeness (QED) is 0.374. The van der Waals surface area contributed by atoms with Gasteiger partial charge in [0, 0.05) is 103 Å². The molecule has 0 aromatic heterocycles. The van der Waals surface area contributed by atoms with Gasteiger partial charge in [-0.25, -0.2) is 0 Å². The summed E-state index contributed by atoms with van der Waals surface area (Å²) in [4.78, 5) is 0. The molecule has 0 fully saturated rings. The van der Waals surface area contributed by atoms with Gasteiger partial charge in [-0.15, -0.1) is 0 Å². The maximum absolute atomic E-state index is 8.34. The fourth-order valence-corrected chi connectivity index (χ4v) is 0. The van der Waals surface area contributed by atoms with Gasteiger partial charge >= 0.3 is 25.6 Å². The standard InChI is InChI=1S/B.Ba.Mg.O.Sn.Ta. The Hall–Kier alpha value is 3.74. The van der Waals surface area contributed by atoms with Gasteiger partial charge in [-0.1, -0.05) is 0 Å². The second-order valence-corrected chi connectivity index (χ2v) is 0. The van der Waals surface area contributed by atoms with Crippen LogP contribution < -0.4 is 0 Å². The summed E-state index contributed by atoms with van der Waals surface area (Å²) < 4.78 is 8.34. The molecule has 0 aliphatic rings. The summed E-state index contributed by atoms with van der Waals surface area (Å²) in [5, 5.41) is 0. The van der Waals surface area contributed by atoms with E-state index in [1.54, 1.807) is 0 Å². The summed E-state index contributed by atoms with van der Waals surface area (Å²) in [6, 6.07) is 0. The van der Waals surface area contributed by atoms with Crippen molar-refractivity contribution in [3.05, 3.63) is 0 Å². The van der Waals surface area contributed by atoms with Crippen molar-refractivity contribution in [2.24, 2.45) is 0 Å². The van der Waals surface area contributed by atoms with Crippen LogP contribution >= 0.6 is 0 Å². The molecular weight excluding hydrogens is 488 g/mol. The van der Waals surface area contributed by atoms with Crippen LogP contribution in [0.2, 0.25) is 0 Å². The van der Waals surface area contributed by atoms with Crippen molar-refractivity contribution in [3.63, 3.8) is 0 Å². The van der Waals surface area contributed by atoms with E-state index in [2.05, 4.69) is 0 Å². The van der Waals surface area contributed by atoms with E-state index < -0.39 is 0 Å². The van der Waals surface area contributed by atoms with Crippen LogP contribution in [0.25, 0.3) is 0 Å². The van der Waals surface area contributed by atoms with Crippen molar-refractivity contribution in [3.8, 4) is 0 Å². The van der Waals surface area contributed by atoms with Crippen LogP contribution in [0.3, 0.4) is 0 Å². The molecule has 0 unspecified atom stereocenters. The fraction of sp³-hybridized carbons (Fsp3) is 0. The molecule has 0 saturated heterocycles. The molecule has 0 saturated carbocycles. The van der Waals surface area contributed by atoms with E-state index in [1.165, 1.54) is 0 Å². The Labute approximate surface area is 125 Å². The first-order valence-corrected chi connectivity index (χ1v) is 1.37. The van der Waals surface area contributed by atoms with Crippen molar-refractivity contribution in [1.82, 2.24) is 0 Å². The molecular formula is BBaMgOSnTa. The molecule has 1 nitrogen and oxygen atoms in total. The predicted molar refractivity (Wildman–Crippen MR) is 23.7 cm³/mol. The normalized spacial score (nSPS) is 0.667. The summed E-state index contributed by atoms with van der Waals surface area (Å²) in [5.41, 5.74) is 0. The molecule has 0 heterocycles. The number of hydrogen-bond donors (Lipinski definition) is 0. The maximum atomic E-state index is 8.34. The zero-order valence-electron chi connectivity index (χ0n) is 3.35. The molecule has 0 aliphatic carbocycles. The average Bonchev–Trinajstić information content (AvgIpc) is 1.00. The molecule has 0 amide bonds. The van der Waals surface area contributed by atoms with Gasteiger partial charge in [-0.3, -0.25) is 0 Å². The third kappa shape index (κ3) is 25.1. The van der Waals surface area contributed by atoms with Gasteiger partial charge in [-0.2, -0.15) is 0 Å². The Balaban J connectivity index is -0.000000000833. The maximum Gasteiger partial charge on any atom is 0 e. The van der Waals surface area contributed by atoms with Gasteiger partial charge in [0.1, 0.15) is 0 Å². The third-order valence-electron chi connectivity index (χ3n) is 0. The summed E-state index contributed by atoms with van der Waals surface area (Å²) in [5.74, 6) is 0. The third-order valence-corrected chi connectivity index (χ3v) is 0. The molecule has 22 valence electrons. The molecule has 0 aromatic rings. The van der Waals surface area contributed by atoms with Crippen LogP contribution in [-0.4, -0.2) is 103 Å². The van der Waals surface area contributed by atoms with Gasteiger partial charge < -0.3 is 0 Å². The van der Waals surface area contributed by atoms with Crippen LogP contribution in [0.1, 0.15) is 0 Å². The van der Waals surface area contributed by atoms with Gasteiger partial charge in [-0.05, 0) is 0 Å². The monoisotopic (exact) mass is 490 g/mol. The van der Waals surface area contributed by atoms with Crippen LogP contribution in [-0.2, 0) is 25.5 Å². The van der Waals surface area contributed by atoms with Crippen LogP contribution in [0, 0.1) is 0 Å². The molecule has 0 rings (SSSR count). The Morgan fingerprint density at radius 3 is 1.17 bits per heavy atom. The smallest absolute Gasteiger partial charge is 0 e. The van der Waals surface area contributed by atoms with Crippen LogP contribution in [0.15, 0.2) is 0 Å². The van der Waals surface area contributed by atoms with E-state index in [9.17, 15) is 0 Å². The van der Waals surface area contributed by atoms with E-state index in [1.807, 2.05) is 0 Å². The summed E-state index contributed by atoms with van der Waals surface area (Å²) >= 11 is 0.300. The summed E-state index contributed by atoms with van der Waals surface area (Å²) in [6.07, 6.45) is 0. The molecule has 0 atom stereocenters. The first-order chi connectivity index (χ1) is 1.00. The second-order valence-electron chi connectivity index (χ2n) is 0. The van der Waals surface area contributed by atoms with Crippen molar-refractivity contribution in [2.45, 2.75) is 0 Å². The van der Waals surface area contributed by atoms with E-state index in [4.69, 9.17) is 3.08 Å². The molecule has 6 heteroatoms. The Kier molecular flexibility index (Phi) is 207. The van der Waals surface area contributed by atoms with Crippen molar-refractivity contribution in [1.29, 1.82) is 0 Å². The van der Waals surface area contributed by atoms with E-state index in [0.717, 1.165) is 0 Å². The molecule has 0 aliphatic heterocycles. The van der Waals surface area contributed by atoms with E-state index in [0.29, 0.717) is 22.5 Å². The SMILES string of the molecule is [B].[Ba].[Mg].[O]=[Sn].[Ta]. The predicted octanol–water partition coefficient (Wildman–Crippen LogP) is -1.64. The van der Waals surface area contributed by atoms with Gasteiger partial charge in [0.2, 0.25) is 0 Å². The molecule has 0 spiro atoms. The zero-order chi connectivity index (χ0) is 2.00. The summed E-state index contributed by atoms with van der Waals surface area (Å²) in [6.45, 7) is 0. The minimum atomic E-state index is 0. The first kappa shape index (κ1) is 33.1. The number of hydrogen-bond acceptors (Lipinski definition) is 1. The molecule has 6 heavy (non-hydrogen) atoms. The van der Waals surface area contributed by atoms with Crippen LogP contribution in [0.4, 0.5) is 0 Å². The van der Waals surface area contributed by atoms with Crippen molar-refractivity contribution >= 4 is 103 Å². The zero-order valence-corrected chi connectivity index (χ0v) is 15.3. The van der Waals surface area contributed by atoms with Crippen molar-refractivity contribution in [2.75, 3.05) is 0 Å². The summed E-state index contributed by atoms with van der Waals surface area (Å²) in [7, 11) is 0. The van der Waals surface area contributed by atoms with E-state index in [-0.39, 0.29) is 103 Å². The van der Waals surface area contributed by atoms with Crippen molar-refractivity contribution < 1.29 is 25.5 Å². The van der Waals surface area contributed by atoms with Crippen LogP contribution in [0.5, 0.6) is 0 Å². The molecule has 10 radical (unpaired) electrons.